The molecule has 0 spiro atoms. The number of aliphatic hydroxyl groups excluding tert-OH is 1. The first kappa shape index (κ1) is 16.8. The van der Waals surface area contributed by atoms with Gasteiger partial charge >= 0.3 is 12.0 Å². The summed E-state index contributed by atoms with van der Waals surface area (Å²) in [6.07, 6.45) is 4.18. The Kier molecular flexibility index (Phi) is 7.36. The summed E-state index contributed by atoms with van der Waals surface area (Å²) in [7, 11) is 0. The fourth-order valence-corrected chi connectivity index (χ4v) is 2.72. The van der Waals surface area contributed by atoms with Gasteiger partial charge in [-0.2, -0.15) is 0 Å². The number of aliphatic hydroxyl groups is 1. The molecule has 1 aliphatic heterocycles. The van der Waals surface area contributed by atoms with E-state index in [0.29, 0.717) is 25.4 Å². The van der Waals surface area contributed by atoms with Crippen molar-refractivity contribution in [3.63, 3.8) is 0 Å². The maximum absolute atomic E-state index is 12.2. The smallest absolute Gasteiger partial charge is 0.317 e. The number of piperidine rings is 1. The molecule has 116 valence electrons. The lowest BCUT2D eigenvalue weighted by atomic mass is 9.95. The van der Waals surface area contributed by atoms with Crippen molar-refractivity contribution in [1.29, 1.82) is 0 Å². The Morgan fingerprint density at radius 3 is 2.80 bits per heavy atom. The van der Waals surface area contributed by atoms with E-state index >= 15 is 0 Å². The SMILES string of the molecule is CCCC(CC(=O)O)NC(=O)N1CCCC(CCO)C1. The number of carboxylic acid groups (broad SMARTS) is 1. The molecular weight excluding hydrogens is 260 g/mol. The second-order valence-electron chi connectivity index (χ2n) is 5.50. The molecule has 3 N–H and O–H groups in total. The van der Waals surface area contributed by atoms with Crippen molar-refractivity contribution in [2.75, 3.05) is 19.7 Å². The molecule has 0 bridgehead atoms. The summed E-state index contributed by atoms with van der Waals surface area (Å²) in [5.74, 6) is -0.538. The molecular formula is C14H26N2O4. The van der Waals surface area contributed by atoms with Crippen molar-refractivity contribution in [1.82, 2.24) is 10.2 Å². The zero-order valence-electron chi connectivity index (χ0n) is 12.2. The normalized spacial score (nSPS) is 20.5. The van der Waals surface area contributed by atoms with Gasteiger partial charge in [-0.05, 0) is 31.6 Å². The number of aliphatic carboxylic acids is 1. The molecule has 1 rings (SSSR count). The molecule has 0 aromatic carbocycles. The third-order valence-electron chi connectivity index (χ3n) is 3.73. The molecule has 0 aromatic rings. The van der Waals surface area contributed by atoms with E-state index in [2.05, 4.69) is 5.32 Å². The van der Waals surface area contributed by atoms with E-state index < -0.39 is 5.97 Å². The predicted molar refractivity (Wildman–Crippen MR) is 75.5 cm³/mol. The number of rotatable bonds is 7. The molecule has 6 nitrogen and oxygen atoms in total. The Labute approximate surface area is 120 Å². The molecule has 1 aliphatic rings. The maximum Gasteiger partial charge on any atom is 0.317 e. The lowest BCUT2D eigenvalue weighted by Gasteiger charge is -2.33. The first-order valence-electron chi connectivity index (χ1n) is 7.44. The number of urea groups is 1. The second-order valence-corrected chi connectivity index (χ2v) is 5.50. The number of hydrogen-bond donors (Lipinski definition) is 3. The highest BCUT2D eigenvalue weighted by Crippen LogP contribution is 2.19. The summed E-state index contributed by atoms with van der Waals surface area (Å²) in [4.78, 5) is 24.7. The Bertz CT molecular complexity index is 320. The van der Waals surface area contributed by atoms with Crippen molar-refractivity contribution in [2.24, 2.45) is 5.92 Å². The van der Waals surface area contributed by atoms with Gasteiger partial charge in [-0.3, -0.25) is 4.79 Å². The number of carbonyl (C=O) groups excluding carboxylic acids is 1. The van der Waals surface area contributed by atoms with Crippen LogP contribution < -0.4 is 5.32 Å². The minimum Gasteiger partial charge on any atom is -0.481 e. The maximum atomic E-state index is 12.2. The number of nitrogens with one attached hydrogen (secondary N) is 1. The average molecular weight is 286 g/mol. The molecule has 1 saturated heterocycles. The van der Waals surface area contributed by atoms with Gasteiger partial charge in [-0.1, -0.05) is 13.3 Å². The van der Waals surface area contributed by atoms with Crippen LogP contribution in [0.15, 0.2) is 0 Å². The molecule has 20 heavy (non-hydrogen) atoms. The number of carboxylic acids is 1. The van der Waals surface area contributed by atoms with Gasteiger partial charge in [0, 0.05) is 25.7 Å². The highest BCUT2D eigenvalue weighted by Gasteiger charge is 2.25. The molecule has 0 radical (unpaired) electrons. The Hall–Kier alpha value is -1.30. The average Bonchev–Trinajstić information content (AvgIpc) is 2.39. The summed E-state index contributed by atoms with van der Waals surface area (Å²) in [5.41, 5.74) is 0. The monoisotopic (exact) mass is 286 g/mol. The number of amides is 2. The second kappa shape index (κ2) is 8.79. The highest BCUT2D eigenvalue weighted by molar-refractivity contribution is 5.76. The first-order valence-corrected chi connectivity index (χ1v) is 7.44. The summed E-state index contributed by atoms with van der Waals surface area (Å²) < 4.78 is 0. The zero-order chi connectivity index (χ0) is 15.0. The Morgan fingerprint density at radius 1 is 1.45 bits per heavy atom. The van der Waals surface area contributed by atoms with Crippen molar-refractivity contribution in [2.45, 2.75) is 51.5 Å². The standard InChI is InChI=1S/C14H26N2O4/c1-2-4-12(9-13(18)19)15-14(20)16-7-3-5-11(10-16)6-8-17/h11-12,17H,2-10H2,1H3,(H,15,20)(H,18,19). The third kappa shape index (κ3) is 5.77. The number of likely N-dealkylation sites (tertiary alicyclic amines) is 1. The van der Waals surface area contributed by atoms with Gasteiger partial charge in [0.2, 0.25) is 0 Å². The fourth-order valence-electron chi connectivity index (χ4n) is 2.72. The molecule has 6 heteroatoms. The van der Waals surface area contributed by atoms with Gasteiger partial charge in [-0.15, -0.1) is 0 Å². The largest absolute Gasteiger partial charge is 0.481 e. The van der Waals surface area contributed by atoms with Crippen LogP contribution in [-0.2, 0) is 4.79 Å². The van der Waals surface area contributed by atoms with Crippen LogP contribution >= 0.6 is 0 Å². The number of nitrogens with zero attached hydrogens (tertiary/aromatic N) is 1. The lowest BCUT2D eigenvalue weighted by Crippen LogP contribution is -2.49. The van der Waals surface area contributed by atoms with Crippen LogP contribution in [0.1, 0.15) is 45.4 Å². The molecule has 2 unspecified atom stereocenters. The number of hydrogen-bond acceptors (Lipinski definition) is 3. The highest BCUT2D eigenvalue weighted by atomic mass is 16.4. The van der Waals surface area contributed by atoms with E-state index in [4.69, 9.17) is 10.2 Å². The Morgan fingerprint density at radius 2 is 2.20 bits per heavy atom. The summed E-state index contributed by atoms with van der Waals surface area (Å²) in [5, 5.41) is 20.7. The summed E-state index contributed by atoms with van der Waals surface area (Å²) >= 11 is 0. The summed E-state index contributed by atoms with van der Waals surface area (Å²) in [6.45, 7) is 3.48. The van der Waals surface area contributed by atoms with Crippen LogP contribution in [0.2, 0.25) is 0 Å². The van der Waals surface area contributed by atoms with Crippen LogP contribution in [0.25, 0.3) is 0 Å². The molecule has 2 atom stereocenters. The van der Waals surface area contributed by atoms with Crippen molar-refractivity contribution in [3.8, 4) is 0 Å². The molecule has 1 fully saturated rings. The van der Waals surface area contributed by atoms with Gasteiger partial charge < -0.3 is 20.4 Å². The van der Waals surface area contributed by atoms with Gasteiger partial charge in [0.25, 0.3) is 0 Å². The van der Waals surface area contributed by atoms with Gasteiger partial charge in [0.15, 0.2) is 0 Å². The van der Waals surface area contributed by atoms with Gasteiger partial charge in [-0.25, -0.2) is 4.79 Å². The molecule has 2 amide bonds. The Balaban J connectivity index is 2.48. The van der Waals surface area contributed by atoms with E-state index in [1.807, 2.05) is 6.92 Å². The molecule has 0 saturated carbocycles. The van der Waals surface area contributed by atoms with E-state index in [1.165, 1.54) is 0 Å². The predicted octanol–water partition coefficient (Wildman–Crippen LogP) is 1.43. The van der Waals surface area contributed by atoms with Crippen LogP contribution in [0, 0.1) is 5.92 Å². The van der Waals surface area contributed by atoms with Crippen LogP contribution in [0.4, 0.5) is 4.79 Å². The zero-order valence-corrected chi connectivity index (χ0v) is 12.2. The van der Waals surface area contributed by atoms with Crippen LogP contribution in [0.3, 0.4) is 0 Å². The van der Waals surface area contributed by atoms with Crippen molar-refractivity contribution >= 4 is 12.0 Å². The minimum atomic E-state index is -0.888. The molecule has 0 aromatic heterocycles. The topological polar surface area (TPSA) is 89.9 Å². The fraction of sp³-hybridized carbons (Fsp3) is 0.857. The van der Waals surface area contributed by atoms with E-state index in [0.717, 1.165) is 25.7 Å². The lowest BCUT2D eigenvalue weighted by molar-refractivity contribution is -0.137. The molecule has 0 aliphatic carbocycles. The quantitative estimate of drug-likeness (QED) is 0.660. The number of carbonyl (C=O) groups is 2. The van der Waals surface area contributed by atoms with Crippen LogP contribution in [-0.4, -0.2) is 52.9 Å². The minimum absolute atomic E-state index is 0.0342. The van der Waals surface area contributed by atoms with Crippen LogP contribution in [0.5, 0.6) is 0 Å². The van der Waals surface area contributed by atoms with E-state index in [-0.39, 0.29) is 25.1 Å². The molecule has 1 heterocycles. The van der Waals surface area contributed by atoms with E-state index in [9.17, 15) is 9.59 Å². The van der Waals surface area contributed by atoms with Gasteiger partial charge in [0.1, 0.15) is 0 Å². The first-order chi connectivity index (χ1) is 9.56. The van der Waals surface area contributed by atoms with Crippen molar-refractivity contribution in [3.05, 3.63) is 0 Å². The van der Waals surface area contributed by atoms with Crippen molar-refractivity contribution < 1.29 is 19.8 Å². The summed E-state index contributed by atoms with van der Waals surface area (Å²) in [6, 6.07) is -0.476. The van der Waals surface area contributed by atoms with Gasteiger partial charge in [0.05, 0.1) is 6.42 Å². The third-order valence-corrected chi connectivity index (χ3v) is 3.73. The van der Waals surface area contributed by atoms with E-state index in [1.54, 1.807) is 4.90 Å².